The fraction of sp³-hybridized carbons (Fsp3) is 0.917. The summed E-state index contributed by atoms with van der Waals surface area (Å²) in [6.07, 6.45) is 1.84. The summed E-state index contributed by atoms with van der Waals surface area (Å²) < 4.78 is 0. The Labute approximate surface area is 93.2 Å². The molecule has 0 aromatic carbocycles. The highest BCUT2D eigenvalue weighted by atomic mass is 16.2. The number of hydrogen-bond donors (Lipinski definition) is 1. The van der Waals surface area contributed by atoms with E-state index in [0.29, 0.717) is 23.8 Å². The van der Waals surface area contributed by atoms with Crippen LogP contribution in [-0.4, -0.2) is 37.0 Å². The maximum atomic E-state index is 11.8. The van der Waals surface area contributed by atoms with Crippen molar-refractivity contribution in [3.05, 3.63) is 0 Å². The largest absolute Gasteiger partial charge is 0.340 e. The first-order valence-electron chi connectivity index (χ1n) is 6.00. The molecular weight excluding hydrogens is 188 g/mol. The highest BCUT2D eigenvalue weighted by Crippen LogP contribution is 2.25. The second kappa shape index (κ2) is 5.50. The van der Waals surface area contributed by atoms with Gasteiger partial charge in [-0.2, -0.15) is 0 Å². The Balaban J connectivity index is 2.47. The molecule has 1 aliphatic rings. The van der Waals surface area contributed by atoms with Crippen LogP contribution >= 0.6 is 0 Å². The second-order valence-corrected chi connectivity index (χ2v) is 5.03. The molecule has 1 heterocycles. The molecule has 0 aromatic rings. The molecule has 0 spiro atoms. The normalized spacial score (nSPS) is 26.7. The van der Waals surface area contributed by atoms with Gasteiger partial charge in [0.15, 0.2) is 0 Å². The van der Waals surface area contributed by atoms with Crippen molar-refractivity contribution in [3.8, 4) is 0 Å². The molecule has 0 bridgehead atoms. The summed E-state index contributed by atoms with van der Waals surface area (Å²) in [5.41, 5.74) is 0. The summed E-state index contributed by atoms with van der Waals surface area (Å²) in [7, 11) is 1.95. The third-order valence-corrected chi connectivity index (χ3v) is 3.34. The number of amides is 1. The number of rotatable bonds is 5. The summed E-state index contributed by atoms with van der Waals surface area (Å²) in [5, 5.41) is 3.17. The second-order valence-electron chi connectivity index (χ2n) is 5.03. The van der Waals surface area contributed by atoms with Crippen LogP contribution in [0.1, 0.15) is 33.6 Å². The van der Waals surface area contributed by atoms with Crippen molar-refractivity contribution in [1.82, 2.24) is 10.2 Å². The van der Waals surface area contributed by atoms with Gasteiger partial charge in [-0.25, -0.2) is 0 Å². The molecule has 15 heavy (non-hydrogen) atoms. The summed E-state index contributed by atoms with van der Waals surface area (Å²) in [5.74, 6) is 1.51. The van der Waals surface area contributed by atoms with E-state index in [-0.39, 0.29) is 0 Å². The third kappa shape index (κ3) is 3.20. The molecule has 2 atom stereocenters. The Morgan fingerprint density at radius 3 is 2.73 bits per heavy atom. The van der Waals surface area contributed by atoms with Crippen LogP contribution in [0.15, 0.2) is 0 Å². The van der Waals surface area contributed by atoms with Crippen LogP contribution < -0.4 is 5.32 Å². The number of carbonyl (C=O) groups excluding carboxylic acids is 1. The van der Waals surface area contributed by atoms with Gasteiger partial charge in [0.2, 0.25) is 5.91 Å². The van der Waals surface area contributed by atoms with Gasteiger partial charge in [0.25, 0.3) is 0 Å². The first kappa shape index (κ1) is 12.5. The minimum absolute atomic E-state index is 0.336. The van der Waals surface area contributed by atoms with Crippen molar-refractivity contribution in [3.63, 3.8) is 0 Å². The number of hydrogen-bond acceptors (Lipinski definition) is 2. The number of nitrogens with one attached hydrogen (secondary N) is 1. The predicted octanol–water partition coefficient (Wildman–Crippen LogP) is 1.49. The maximum absolute atomic E-state index is 11.8. The van der Waals surface area contributed by atoms with Gasteiger partial charge in [0, 0.05) is 31.5 Å². The number of carbonyl (C=O) groups is 1. The number of nitrogens with zero attached hydrogens (tertiary/aromatic N) is 1. The van der Waals surface area contributed by atoms with Crippen LogP contribution in [0.3, 0.4) is 0 Å². The molecule has 0 aliphatic carbocycles. The zero-order valence-electron chi connectivity index (χ0n) is 10.4. The molecule has 3 heteroatoms. The minimum atomic E-state index is 0.336. The fourth-order valence-electron chi connectivity index (χ4n) is 2.22. The lowest BCUT2D eigenvalue weighted by molar-refractivity contribution is -0.128. The van der Waals surface area contributed by atoms with Crippen molar-refractivity contribution in [1.29, 1.82) is 0 Å². The lowest BCUT2D eigenvalue weighted by Gasteiger charge is -2.25. The number of likely N-dealkylation sites (tertiary alicyclic amines) is 1. The first-order chi connectivity index (χ1) is 7.06. The van der Waals surface area contributed by atoms with E-state index in [9.17, 15) is 4.79 Å². The molecule has 1 aliphatic heterocycles. The molecular formula is C12H24N2O. The van der Waals surface area contributed by atoms with Gasteiger partial charge in [-0.3, -0.25) is 4.79 Å². The molecule has 1 fully saturated rings. The van der Waals surface area contributed by atoms with Crippen LogP contribution in [0.5, 0.6) is 0 Å². The lowest BCUT2D eigenvalue weighted by atomic mass is 10.0. The van der Waals surface area contributed by atoms with E-state index in [0.717, 1.165) is 25.9 Å². The topological polar surface area (TPSA) is 32.3 Å². The minimum Gasteiger partial charge on any atom is -0.340 e. The van der Waals surface area contributed by atoms with E-state index in [2.05, 4.69) is 31.0 Å². The summed E-state index contributed by atoms with van der Waals surface area (Å²) >= 11 is 0. The van der Waals surface area contributed by atoms with Crippen molar-refractivity contribution in [2.75, 3.05) is 20.1 Å². The Kier molecular flexibility index (Phi) is 4.58. The Hall–Kier alpha value is -0.570. The van der Waals surface area contributed by atoms with Crippen LogP contribution in [0.25, 0.3) is 0 Å². The SMILES string of the molecule is CNCC1CC(=O)N(CCC(C)C)C1C. The quantitative estimate of drug-likeness (QED) is 0.749. The van der Waals surface area contributed by atoms with Crippen LogP contribution in [0.4, 0.5) is 0 Å². The van der Waals surface area contributed by atoms with Crippen LogP contribution in [0, 0.1) is 11.8 Å². The highest BCUT2D eigenvalue weighted by molar-refractivity contribution is 5.79. The molecule has 1 saturated heterocycles. The Bertz CT molecular complexity index is 216. The molecule has 0 radical (unpaired) electrons. The zero-order chi connectivity index (χ0) is 11.4. The summed E-state index contributed by atoms with van der Waals surface area (Å²) in [4.78, 5) is 13.8. The molecule has 1 rings (SSSR count). The standard InChI is InChI=1S/C12H24N2O/c1-9(2)5-6-14-10(3)11(8-13-4)7-12(14)15/h9-11,13H,5-8H2,1-4H3. The van der Waals surface area contributed by atoms with E-state index >= 15 is 0 Å². The smallest absolute Gasteiger partial charge is 0.223 e. The van der Waals surface area contributed by atoms with Crippen LogP contribution in [-0.2, 0) is 4.79 Å². The molecule has 1 N–H and O–H groups in total. The van der Waals surface area contributed by atoms with Crippen molar-refractivity contribution < 1.29 is 4.79 Å². The zero-order valence-corrected chi connectivity index (χ0v) is 10.4. The molecule has 88 valence electrons. The van der Waals surface area contributed by atoms with Gasteiger partial charge in [-0.15, -0.1) is 0 Å². The first-order valence-corrected chi connectivity index (χ1v) is 6.00. The lowest BCUT2D eigenvalue weighted by Crippen LogP contribution is -2.36. The third-order valence-electron chi connectivity index (χ3n) is 3.34. The van der Waals surface area contributed by atoms with Gasteiger partial charge >= 0.3 is 0 Å². The van der Waals surface area contributed by atoms with E-state index in [1.54, 1.807) is 0 Å². The average Bonchev–Trinajstić information content (AvgIpc) is 2.40. The van der Waals surface area contributed by atoms with Crippen molar-refractivity contribution >= 4 is 5.91 Å². The monoisotopic (exact) mass is 212 g/mol. The van der Waals surface area contributed by atoms with E-state index in [1.165, 1.54) is 0 Å². The van der Waals surface area contributed by atoms with E-state index < -0.39 is 0 Å². The Morgan fingerprint density at radius 1 is 1.53 bits per heavy atom. The van der Waals surface area contributed by atoms with E-state index in [4.69, 9.17) is 0 Å². The van der Waals surface area contributed by atoms with Gasteiger partial charge in [-0.1, -0.05) is 13.8 Å². The van der Waals surface area contributed by atoms with Gasteiger partial charge in [0.05, 0.1) is 0 Å². The van der Waals surface area contributed by atoms with Gasteiger partial charge in [-0.05, 0) is 26.3 Å². The predicted molar refractivity (Wildman–Crippen MR) is 62.7 cm³/mol. The van der Waals surface area contributed by atoms with Gasteiger partial charge in [0.1, 0.15) is 0 Å². The van der Waals surface area contributed by atoms with Crippen molar-refractivity contribution in [2.24, 2.45) is 11.8 Å². The maximum Gasteiger partial charge on any atom is 0.223 e. The summed E-state index contributed by atoms with van der Waals surface area (Å²) in [6.45, 7) is 8.46. The van der Waals surface area contributed by atoms with Gasteiger partial charge < -0.3 is 10.2 Å². The van der Waals surface area contributed by atoms with Crippen molar-refractivity contribution in [2.45, 2.75) is 39.7 Å². The molecule has 3 nitrogen and oxygen atoms in total. The fourth-order valence-corrected chi connectivity index (χ4v) is 2.22. The summed E-state index contributed by atoms with van der Waals surface area (Å²) in [6, 6.07) is 0.406. The van der Waals surface area contributed by atoms with Crippen LogP contribution in [0.2, 0.25) is 0 Å². The molecule has 0 aromatic heterocycles. The molecule has 1 amide bonds. The molecule has 0 saturated carbocycles. The Morgan fingerprint density at radius 2 is 2.20 bits per heavy atom. The average molecular weight is 212 g/mol. The molecule has 2 unspecified atom stereocenters. The van der Waals surface area contributed by atoms with E-state index in [1.807, 2.05) is 7.05 Å². The highest BCUT2D eigenvalue weighted by Gasteiger charge is 2.35.